The molecule has 0 bridgehead atoms. The molecule has 35 heavy (non-hydrogen) atoms. The van der Waals surface area contributed by atoms with E-state index in [1.165, 1.54) is 27.4 Å². The Morgan fingerprint density at radius 3 is 2.57 bits per heavy atom. The summed E-state index contributed by atoms with van der Waals surface area (Å²) < 4.78 is 40.1. The van der Waals surface area contributed by atoms with E-state index in [1.54, 1.807) is 25.1 Å². The van der Waals surface area contributed by atoms with Gasteiger partial charge in [-0.3, -0.25) is 0 Å². The molecule has 0 saturated carbocycles. The normalized spacial score (nSPS) is 11.8. The predicted molar refractivity (Wildman–Crippen MR) is 145 cm³/mol. The Morgan fingerprint density at radius 2 is 1.89 bits per heavy atom. The average molecular weight is 577 g/mol. The van der Waals surface area contributed by atoms with Crippen LogP contribution in [-0.4, -0.2) is 50.7 Å². The lowest BCUT2D eigenvalue weighted by Crippen LogP contribution is -2.33. The number of esters is 1. The fraction of sp³-hybridized carbons (Fsp3) is 0.375. The van der Waals surface area contributed by atoms with Gasteiger partial charge in [0.1, 0.15) is 9.96 Å². The van der Waals surface area contributed by atoms with Gasteiger partial charge in [-0.2, -0.15) is 4.31 Å². The minimum atomic E-state index is -3.65. The second kappa shape index (κ2) is 12.7. The molecule has 0 aliphatic heterocycles. The second-order valence-corrected chi connectivity index (χ2v) is 12.8. The summed E-state index contributed by atoms with van der Waals surface area (Å²) in [6.45, 7) is 6.37. The molecule has 3 rings (SSSR count). The lowest BCUT2D eigenvalue weighted by Gasteiger charge is -2.21. The van der Waals surface area contributed by atoms with Gasteiger partial charge in [0, 0.05) is 33.5 Å². The van der Waals surface area contributed by atoms with Crippen molar-refractivity contribution in [2.24, 2.45) is 0 Å². The molecule has 190 valence electrons. The fourth-order valence-corrected chi connectivity index (χ4v) is 8.34. The Kier molecular flexibility index (Phi) is 10.2. The van der Waals surface area contributed by atoms with Crippen LogP contribution < -0.4 is 4.74 Å². The van der Waals surface area contributed by atoms with Gasteiger partial charge in [-0.15, -0.1) is 23.1 Å². The average Bonchev–Trinajstić information content (AvgIpc) is 3.14. The molecule has 0 radical (unpaired) electrons. The topological polar surface area (TPSA) is 72.9 Å². The van der Waals surface area contributed by atoms with Crippen LogP contribution in [0.4, 0.5) is 0 Å². The molecule has 0 fully saturated rings. The molecular formula is C24H27Cl2NO5S3. The van der Waals surface area contributed by atoms with Crippen LogP contribution in [0.1, 0.15) is 25.8 Å². The highest BCUT2D eigenvalue weighted by atomic mass is 35.5. The van der Waals surface area contributed by atoms with Crippen molar-refractivity contribution in [1.82, 2.24) is 4.31 Å². The molecule has 0 aliphatic rings. The first kappa shape index (κ1) is 28.1. The van der Waals surface area contributed by atoms with E-state index in [1.807, 2.05) is 32.0 Å². The Labute approximate surface area is 224 Å². The molecule has 0 N–H and O–H groups in total. The van der Waals surface area contributed by atoms with Crippen molar-refractivity contribution in [1.29, 1.82) is 0 Å². The molecule has 1 heterocycles. The number of carbonyl (C=O) groups excluding carboxylic acids is 1. The van der Waals surface area contributed by atoms with Crippen molar-refractivity contribution >= 4 is 72.4 Å². The SMILES string of the molecule is CCCN(CCSc1ccc(OCC(=O)OCC)c(Cl)c1)S(=O)(=O)c1sc2ccc(Cl)cc2c1C. The summed E-state index contributed by atoms with van der Waals surface area (Å²) in [4.78, 5) is 12.3. The molecule has 2 aromatic carbocycles. The third-order valence-corrected chi connectivity index (χ3v) is 10.3. The van der Waals surface area contributed by atoms with Crippen molar-refractivity contribution in [2.75, 3.05) is 32.1 Å². The van der Waals surface area contributed by atoms with Crippen molar-refractivity contribution in [3.05, 3.63) is 52.0 Å². The number of ether oxygens (including phenoxy) is 2. The minimum absolute atomic E-state index is 0.215. The fourth-order valence-electron chi connectivity index (χ4n) is 3.43. The van der Waals surface area contributed by atoms with Crippen LogP contribution in [0, 0.1) is 6.92 Å². The third kappa shape index (κ3) is 7.05. The van der Waals surface area contributed by atoms with Crippen LogP contribution in [0.25, 0.3) is 10.1 Å². The van der Waals surface area contributed by atoms with E-state index >= 15 is 0 Å². The lowest BCUT2D eigenvalue weighted by molar-refractivity contribution is -0.145. The number of thiophene rings is 1. The van der Waals surface area contributed by atoms with Crippen molar-refractivity contribution < 1.29 is 22.7 Å². The first-order chi connectivity index (χ1) is 16.7. The molecule has 0 aliphatic carbocycles. The largest absolute Gasteiger partial charge is 0.480 e. The lowest BCUT2D eigenvalue weighted by atomic mass is 10.2. The van der Waals surface area contributed by atoms with Gasteiger partial charge in [-0.25, -0.2) is 13.2 Å². The van der Waals surface area contributed by atoms with Crippen LogP contribution in [-0.2, 0) is 19.6 Å². The number of fused-ring (bicyclic) bond motifs is 1. The molecule has 0 atom stereocenters. The standard InChI is InChI=1S/C24H27Cl2NO5S3/c1-4-10-27(35(29,30)24-16(3)19-13-17(25)6-9-22(19)34-24)11-12-33-18-7-8-21(20(26)14-18)32-15-23(28)31-5-2/h6-9,13-14H,4-5,10-12,15H2,1-3H3. The van der Waals surface area contributed by atoms with Gasteiger partial charge in [0.2, 0.25) is 0 Å². The van der Waals surface area contributed by atoms with Gasteiger partial charge in [0.15, 0.2) is 6.61 Å². The molecule has 3 aromatic rings. The number of aryl methyl sites for hydroxylation is 1. The molecule has 11 heteroatoms. The number of nitrogens with zero attached hydrogens (tertiary/aromatic N) is 1. The van der Waals surface area contributed by atoms with E-state index in [0.29, 0.717) is 45.3 Å². The molecule has 6 nitrogen and oxygen atoms in total. The van der Waals surface area contributed by atoms with Gasteiger partial charge in [0.05, 0.1) is 11.6 Å². The number of carbonyl (C=O) groups is 1. The van der Waals surface area contributed by atoms with E-state index in [0.717, 1.165) is 20.5 Å². The van der Waals surface area contributed by atoms with Crippen LogP contribution in [0.3, 0.4) is 0 Å². The number of hydrogen-bond donors (Lipinski definition) is 0. The summed E-state index contributed by atoms with van der Waals surface area (Å²) in [6.07, 6.45) is 0.706. The zero-order chi connectivity index (χ0) is 25.6. The maximum Gasteiger partial charge on any atom is 0.344 e. The van der Waals surface area contributed by atoms with Crippen molar-refractivity contribution in [2.45, 2.75) is 36.3 Å². The smallest absolute Gasteiger partial charge is 0.344 e. The summed E-state index contributed by atoms with van der Waals surface area (Å²) >= 11 is 15.2. The highest BCUT2D eigenvalue weighted by Gasteiger charge is 2.28. The summed E-state index contributed by atoms with van der Waals surface area (Å²) in [5, 5.41) is 1.82. The molecule has 0 unspecified atom stereocenters. The van der Waals surface area contributed by atoms with Gasteiger partial charge in [-0.05, 0) is 67.6 Å². The Balaban J connectivity index is 1.68. The molecule has 1 aromatic heterocycles. The zero-order valence-electron chi connectivity index (χ0n) is 19.7. The maximum atomic E-state index is 13.5. The quantitative estimate of drug-likeness (QED) is 0.178. The summed E-state index contributed by atoms with van der Waals surface area (Å²) in [7, 11) is -3.65. The monoisotopic (exact) mass is 575 g/mol. The van der Waals surface area contributed by atoms with Crippen LogP contribution in [0.2, 0.25) is 10.0 Å². The van der Waals surface area contributed by atoms with Gasteiger partial charge in [0.25, 0.3) is 10.0 Å². The van der Waals surface area contributed by atoms with E-state index in [-0.39, 0.29) is 13.2 Å². The third-order valence-electron chi connectivity index (χ3n) is 5.07. The molecule has 0 saturated heterocycles. The number of sulfonamides is 1. The number of hydrogen-bond acceptors (Lipinski definition) is 7. The van der Waals surface area contributed by atoms with Gasteiger partial charge >= 0.3 is 5.97 Å². The number of halogens is 2. The summed E-state index contributed by atoms with van der Waals surface area (Å²) in [5.41, 5.74) is 0.728. The second-order valence-electron chi connectivity index (χ2n) is 7.59. The number of rotatable bonds is 12. The predicted octanol–water partition coefficient (Wildman–Crippen LogP) is 6.65. The van der Waals surface area contributed by atoms with Gasteiger partial charge in [-0.1, -0.05) is 30.1 Å². The van der Waals surface area contributed by atoms with Crippen LogP contribution in [0.15, 0.2) is 45.5 Å². The van der Waals surface area contributed by atoms with Crippen molar-refractivity contribution in [3.8, 4) is 5.75 Å². The minimum Gasteiger partial charge on any atom is -0.480 e. The Morgan fingerprint density at radius 1 is 1.11 bits per heavy atom. The van der Waals surface area contributed by atoms with Crippen LogP contribution in [0.5, 0.6) is 5.75 Å². The molecule has 0 spiro atoms. The number of benzene rings is 2. The van der Waals surface area contributed by atoms with E-state index in [9.17, 15) is 13.2 Å². The summed E-state index contributed by atoms with van der Waals surface area (Å²) in [5.74, 6) is 0.477. The zero-order valence-corrected chi connectivity index (χ0v) is 23.6. The first-order valence-electron chi connectivity index (χ1n) is 11.1. The maximum absolute atomic E-state index is 13.5. The number of thioether (sulfide) groups is 1. The highest BCUT2D eigenvalue weighted by Crippen LogP contribution is 2.37. The van der Waals surface area contributed by atoms with E-state index in [4.69, 9.17) is 32.7 Å². The first-order valence-corrected chi connectivity index (χ1v) is 15.1. The molecule has 0 amide bonds. The van der Waals surface area contributed by atoms with Crippen LogP contribution >= 0.6 is 46.3 Å². The van der Waals surface area contributed by atoms with E-state index in [2.05, 4.69) is 0 Å². The highest BCUT2D eigenvalue weighted by molar-refractivity contribution is 7.99. The van der Waals surface area contributed by atoms with Gasteiger partial charge < -0.3 is 9.47 Å². The Bertz CT molecular complexity index is 1290. The summed E-state index contributed by atoms with van der Waals surface area (Å²) in [6, 6.07) is 10.7. The van der Waals surface area contributed by atoms with E-state index < -0.39 is 16.0 Å². The van der Waals surface area contributed by atoms with Crippen molar-refractivity contribution in [3.63, 3.8) is 0 Å². The molecular weight excluding hydrogens is 549 g/mol. The Hall–Kier alpha value is -1.49.